The second-order valence-electron chi connectivity index (χ2n) is 4.36. The second-order valence-corrected chi connectivity index (χ2v) is 4.76. The van der Waals surface area contributed by atoms with Crippen molar-refractivity contribution in [2.75, 3.05) is 18.2 Å². The van der Waals surface area contributed by atoms with Crippen molar-refractivity contribution in [1.29, 1.82) is 0 Å². The SMILES string of the molecule is COC(C)(C)C(=O)Nc1cc(Cl)c(N)cc1C. The van der Waals surface area contributed by atoms with Gasteiger partial charge in [-0.1, -0.05) is 11.6 Å². The van der Waals surface area contributed by atoms with Crippen molar-refractivity contribution < 1.29 is 9.53 Å². The standard InChI is InChI=1S/C12H17ClN2O2/c1-7-5-9(14)8(13)6-10(7)15-11(16)12(2,3)17-4/h5-6H,14H2,1-4H3,(H,15,16). The molecule has 0 bridgehead atoms. The molecule has 1 rings (SSSR count). The van der Waals surface area contributed by atoms with E-state index in [-0.39, 0.29) is 5.91 Å². The van der Waals surface area contributed by atoms with Crippen molar-refractivity contribution in [3.05, 3.63) is 22.7 Å². The van der Waals surface area contributed by atoms with Crippen LogP contribution in [0.15, 0.2) is 12.1 Å². The molecule has 94 valence electrons. The van der Waals surface area contributed by atoms with E-state index < -0.39 is 5.60 Å². The molecule has 0 saturated heterocycles. The van der Waals surface area contributed by atoms with Gasteiger partial charge in [0.15, 0.2) is 0 Å². The van der Waals surface area contributed by atoms with Gasteiger partial charge < -0.3 is 15.8 Å². The minimum Gasteiger partial charge on any atom is -0.398 e. The van der Waals surface area contributed by atoms with Crippen molar-refractivity contribution in [3.8, 4) is 0 Å². The van der Waals surface area contributed by atoms with E-state index in [9.17, 15) is 4.79 Å². The molecule has 3 N–H and O–H groups in total. The molecule has 5 heteroatoms. The Hall–Kier alpha value is -1.26. The van der Waals surface area contributed by atoms with E-state index in [4.69, 9.17) is 22.1 Å². The number of anilines is 2. The van der Waals surface area contributed by atoms with Gasteiger partial charge in [0, 0.05) is 12.8 Å². The molecule has 0 heterocycles. The Balaban J connectivity index is 2.97. The molecule has 0 saturated carbocycles. The Morgan fingerprint density at radius 1 is 1.47 bits per heavy atom. The average molecular weight is 257 g/mol. The van der Waals surface area contributed by atoms with Crippen LogP contribution in [0, 0.1) is 6.92 Å². The molecular formula is C12H17ClN2O2. The molecule has 0 aromatic heterocycles. The van der Waals surface area contributed by atoms with Crippen LogP contribution in [-0.4, -0.2) is 18.6 Å². The van der Waals surface area contributed by atoms with E-state index in [1.54, 1.807) is 26.0 Å². The summed E-state index contributed by atoms with van der Waals surface area (Å²) < 4.78 is 5.10. The third-order valence-corrected chi connectivity index (χ3v) is 2.98. The van der Waals surface area contributed by atoms with Crippen LogP contribution < -0.4 is 11.1 Å². The molecular weight excluding hydrogens is 240 g/mol. The fourth-order valence-corrected chi connectivity index (χ4v) is 1.37. The van der Waals surface area contributed by atoms with Crippen LogP contribution >= 0.6 is 11.6 Å². The number of benzene rings is 1. The third-order valence-electron chi connectivity index (χ3n) is 2.65. The minimum atomic E-state index is -0.889. The fourth-order valence-electron chi connectivity index (χ4n) is 1.20. The van der Waals surface area contributed by atoms with Crippen LogP contribution in [0.4, 0.5) is 11.4 Å². The molecule has 4 nitrogen and oxygen atoms in total. The van der Waals surface area contributed by atoms with E-state index in [1.165, 1.54) is 7.11 Å². The highest BCUT2D eigenvalue weighted by Crippen LogP contribution is 2.27. The lowest BCUT2D eigenvalue weighted by Crippen LogP contribution is -2.39. The van der Waals surface area contributed by atoms with Gasteiger partial charge in [-0.3, -0.25) is 4.79 Å². The number of methoxy groups -OCH3 is 1. The van der Waals surface area contributed by atoms with Crippen LogP contribution in [0.1, 0.15) is 19.4 Å². The first kappa shape index (κ1) is 13.8. The van der Waals surface area contributed by atoms with Gasteiger partial charge in [-0.2, -0.15) is 0 Å². The van der Waals surface area contributed by atoms with Gasteiger partial charge in [0.2, 0.25) is 0 Å². The maximum atomic E-state index is 11.9. The molecule has 0 atom stereocenters. The van der Waals surface area contributed by atoms with Gasteiger partial charge in [-0.05, 0) is 38.5 Å². The first-order valence-electron chi connectivity index (χ1n) is 5.20. The Morgan fingerprint density at radius 3 is 2.59 bits per heavy atom. The van der Waals surface area contributed by atoms with Crippen molar-refractivity contribution in [1.82, 2.24) is 0 Å². The Kier molecular flexibility index (Phi) is 4.01. The molecule has 1 aromatic carbocycles. The molecule has 0 aliphatic rings. The summed E-state index contributed by atoms with van der Waals surface area (Å²) in [5, 5.41) is 3.18. The number of rotatable bonds is 3. The van der Waals surface area contributed by atoms with Crippen LogP contribution in [0.25, 0.3) is 0 Å². The number of halogens is 1. The zero-order valence-electron chi connectivity index (χ0n) is 10.4. The molecule has 0 fully saturated rings. The van der Waals surface area contributed by atoms with E-state index in [0.717, 1.165) is 5.56 Å². The Labute approximate surface area is 106 Å². The van der Waals surface area contributed by atoms with E-state index in [2.05, 4.69) is 5.32 Å². The maximum absolute atomic E-state index is 11.9. The second kappa shape index (κ2) is 4.94. The summed E-state index contributed by atoms with van der Waals surface area (Å²) >= 11 is 5.91. The van der Waals surface area contributed by atoms with Gasteiger partial charge in [0.05, 0.1) is 10.7 Å². The Bertz CT molecular complexity index is 444. The summed E-state index contributed by atoms with van der Waals surface area (Å²) in [5.74, 6) is -0.232. The highest BCUT2D eigenvalue weighted by atomic mass is 35.5. The number of amides is 1. The zero-order chi connectivity index (χ0) is 13.2. The molecule has 1 aromatic rings. The number of hydrogen-bond donors (Lipinski definition) is 2. The number of nitrogens with one attached hydrogen (secondary N) is 1. The average Bonchev–Trinajstić information content (AvgIpc) is 2.25. The lowest BCUT2D eigenvalue weighted by molar-refractivity contribution is -0.133. The number of ether oxygens (including phenoxy) is 1. The van der Waals surface area contributed by atoms with E-state index in [1.807, 2.05) is 6.92 Å². The van der Waals surface area contributed by atoms with Crippen LogP contribution in [-0.2, 0) is 9.53 Å². The minimum absolute atomic E-state index is 0.232. The van der Waals surface area contributed by atoms with Gasteiger partial charge in [-0.15, -0.1) is 0 Å². The monoisotopic (exact) mass is 256 g/mol. The molecule has 17 heavy (non-hydrogen) atoms. The lowest BCUT2D eigenvalue weighted by Gasteiger charge is -2.22. The Morgan fingerprint density at radius 2 is 2.06 bits per heavy atom. The number of nitrogens with two attached hydrogens (primary N) is 1. The van der Waals surface area contributed by atoms with Gasteiger partial charge in [-0.25, -0.2) is 0 Å². The fraction of sp³-hybridized carbons (Fsp3) is 0.417. The smallest absolute Gasteiger partial charge is 0.256 e. The van der Waals surface area contributed by atoms with Gasteiger partial charge in [0.25, 0.3) is 5.91 Å². The highest BCUT2D eigenvalue weighted by Gasteiger charge is 2.27. The number of carbonyl (C=O) groups is 1. The van der Waals surface area contributed by atoms with Crippen molar-refractivity contribution in [3.63, 3.8) is 0 Å². The van der Waals surface area contributed by atoms with Crippen molar-refractivity contribution in [2.45, 2.75) is 26.4 Å². The maximum Gasteiger partial charge on any atom is 0.256 e. The summed E-state index contributed by atoms with van der Waals surface area (Å²) in [6.45, 7) is 5.23. The first-order chi connectivity index (χ1) is 7.77. The number of hydrogen-bond acceptors (Lipinski definition) is 3. The lowest BCUT2D eigenvalue weighted by atomic mass is 10.1. The van der Waals surface area contributed by atoms with E-state index in [0.29, 0.717) is 16.4 Å². The highest BCUT2D eigenvalue weighted by molar-refractivity contribution is 6.33. The molecule has 0 aliphatic carbocycles. The van der Waals surface area contributed by atoms with Crippen molar-refractivity contribution in [2.24, 2.45) is 0 Å². The summed E-state index contributed by atoms with van der Waals surface area (Å²) in [4.78, 5) is 11.9. The van der Waals surface area contributed by atoms with E-state index >= 15 is 0 Å². The topological polar surface area (TPSA) is 64.3 Å². The molecule has 0 unspecified atom stereocenters. The first-order valence-corrected chi connectivity index (χ1v) is 5.58. The zero-order valence-corrected chi connectivity index (χ0v) is 11.2. The number of aryl methyl sites for hydroxylation is 1. The van der Waals surface area contributed by atoms with Crippen LogP contribution in [0.2, 0.25) is 5.02 Å². The molecule has 0 radical (unpaired) electrons. The molecule has 0 aliphatic heterocycles. The largest absolute Gasteiger partial charge is 0.398 e. The summed E-state index contributed by atoms with van der Waals surface area (Å²) in [6.07, 6.45) is 0. The summed E-state index contributed by atoms with van der Waals surface area (Å²) in [6, 6.07) is 3.35. The normalized spacial score (nSPS) is 11.4. The number of nitrogen functional groups attached to an aromatic ring is 1. The van der Waals surface area contributed by atoms with Gasteiger partial charge in [0.1, 0.15) is 5.60 Å². The number of carbonyl (C=O) groups excluding carboxylic acids is 1. The predicted octanol–water partition coefficient (Wildman–Crippen LogP) is 2.59. The van der Waals surface area contributed by atoms with Crippen LogP contribution in [0.3, 0.4) is 0 Å². The summed E-state index contributed by atoms with van der Waals surface area (Å²) in [5.41, 5.74) is 6.76. The quantitative estimate of drug-likeness (QED) is 0.817. The van der Waals surface area contributed by atoms with Crippen molar-refractivity contribution >= 4 is 28.9 Å². The third kappa shape index (κ3) is 3.11. The summed E-state index contributed by atoms with van der Waals surface area (Å²) in [7, 11) is 1.49. The molecule has 1 amide bonds. The van der Waals surface area contributed by atoms with Crippen LogP contribution in [0.5, 0.6) is 0 Å². The van der Waals surface area contributed by atoms with Gasteiger partial charge >= 0.3 is 0 Å². The molecule has 0 spiro atoms. The predicted molar refractivity (Wildman–Crippen MR) is 70.3 cm³/mol.